The predicted octanol–water partition coefficient (Wildman–Crippen LogP) is 5.02. The molecule has 0 saturated heterocycles. The van der Waals surface area contributed by atoms with Gasteiger partial charge in [0, 0.05) is 24.6 Å². The molecule has 6 heteroatoms. The fourth-order valence-electron chi connectivity index (χ4n) is 3.49. The molecule has 0 atom stereocenters. The van der Waals surface area contributed by atoms with Crippen molar-refractivity contribution in [3.05, 3.63) is 65.5 Å². The molecule has 0 aliphatic carbocycles. The average Bonchev–Trinajstić information content (AvgIpc) is 3.09. The maximum Gasteiger partial charge on any atom is 0.355 e. The van der Waals surface area contributed by atoms with Crippen molar-refractivity contribution in [1.82, 2.24) is 19.7 Å². The number of benzene rings is 1. The van der Waals surface area contributed by atoms with Crippen LogP contribution in [0.15, 0.2) is 42.6 Å². The van der Waals surface area contributed by atoms with Crippen molar-refractivity contribution >= 4 is 5.97 Å². The fourth-order valence-corrected chi connectivity index (χ4v) is 3.49. The molecule has 158 valence electrons. The maximum absolute atomic E-state index is 11.4. The van der Waals surface area contributed by atoms with Gasteiger partial charge >= 0.3 is 5.97 Å². The average molecular weight is 407 g/mol. The van der Waals surface area contributed by atoms with Crippen molar-refractivity contribution < 1.29 is 9.90 Å². The quantitative estimate of drug-likeness (QED) is 0.478. The van der Waals surface area contributed by atoms with Crippen LogP contribution in [0.5, 0.6) is 0 Å². The monoisotopic (exact) mass is 406 g/mol. The van der Waals surface area contributed by atoms with E-state index >= 15 is 0 Å². The van der Waals surface area contributed by atoms with E-state index < -0.39 is 5.97 Å². The van der Waals surface area contributed by atoms with Crippen LogP contribution in [-0.4, -0.2) is 30.8 Å². The largest absolute Gasteiger partial charge is 0.476 e. The van der Waals surface area contributed by atoms with Crippen LogP contribution in [-0.2, 0) is 19.4 Å². The fraction of sp³-hybridized carbons (Fsp3) is 0.417. The van der Waals surface area contributed by atoms with Gasteiger partial charge in [0.15, 0.2) is 11.5 Å². The molecule has 1 aromatic carbocycles. The number of carboxylic acid groups (broad SMARTS) is 1. The number of pyridine rings is 1. The Labute approximate surface area is 178 Å². The normalized spacial score (nSPS) is 11.2. The summed E-state index contributed by atoms with van der Waals surface area (Å²) in [6.45, 7) is 7.22. The van der Waals surface area contributed by atoms with Gasteiger partial charge in [-0.05, 0) is 29.5 Å². The zero-order valence-electron chi connectivity index (χ0n) is 18.0. The summed E-state index contributed by atoms with van der Waals surface area (Å²) in [4.78, 5) is 20.2. The molecule has 0 unspecified atom stereocenters. The Bertz CT molecular complexity index is 977. The van der Waals surface area contributed by atoms with E-state index in [1.165, 1.54) is 19.0 Å². The first-order valence-electron chi connectivity index (χ1n) is 10.7. The van der Waals surface area contributed by atoms with Crippen LogP contribution in [0.4, 0.5) is 0 Å². The number of carbonyl (C=O) groups is 1. The summed E-state index contributed by atoms with van der Waals surface area (Å²) >= 11 is 0. The number of aryl methyl sites for hydroxylation is 1. The molecule has 0 amide bonds. The molecular weight excluding hydrogens is 376 g/mol. The summed E-state index contributed by atoms with van der Waals surface area (Å²) < 4.78 is 2.02. The third-order valence-electron chi connectivity index (χ3n) is 4.99. The highest BCUT2D eigenvalue weighted by molar-refractivity contribution is 5.93. The van der Waals surface area contributed by atoms with Crippen molar-refractivity contribution in [2.24, 2.45) is 5.92 Å². The van der Waals surface area contributed by atoms with E-state index in [2.05, 4.69) is 25.8 Å². The molecule has 0 fully saturated rings. The minimum atomic E-state index is -1.02. The summed E-state index contributed by atoms with van der Waals surface area (Å²) in [5, 5.41) is 14.1. The van der Waals surface area contributed by atoms with E-state index in [9.17, 15) is 9.90 Å². The van der Waals surface area contributed by atoms with Crippen LogP contribution in [0.25, 0.3) is 11.1 Å². The molecule has 0 saturated carbocycles. The third kappa shape index (κ3) is 5.53. The molecule has 3 aromatic rings. The summed E-state index contributed by atoms with van der Waals surface area (Å²) in [6.07, 6.45) is 6.81. The van der Waals surface area contributed by atoms with Gasteiger partial charge in [0.1, 0.15) is 5.82 Å². The van der Waals surface area contributed by atoms with E-state index in [1.54, 1.807) is 12.1 Å². The van der Waals surface area contributed by atoms with E-state index in [4.69, 9.17) is 10.1 Å². The van der Waals surface area contributed by atoms with Crippen LogP contribution >= 0.6 is 0 Å². The molecule has 1 N–H and O–H groups in total. The highest BCUT2D eigenvalue weighted by atomic mass is 16.4. The Kier molecular flexibility index (Phi) is 7.33. The maximum atomic E-state index is 11.4. The standard InChI is InChI=1S/C24H30N4O2/c1-4-5-6-9-22-26-21(15-17(2)3)27-28(22)16-18-10-12-19(13-11-18)20-8-7-14-25-23(20)24(29)30/h7-8,10-14,17H,4-6,9,15-16H2,1-3H3,(H,29,30). The van der Waals surface area contributed by atoms with E-state index in [0.717, 1.165) is 42.0 Å². The first-order chi connectivity index (χ1) is 14.5. The molecule has 2 aromatic heterocycles. The van der Waals surface area contributed by atoms with E-state index in [0.29, 0.717) is 18.0 Å². The Morgan fingerprint density at radius 3 is 2.57 bits per heavy atom. The molecule has 0 aliphatic heterocycles. The predicted molar refractivity (Wildman–Crippen MR) is 118 cm³/mol. The number of aromatic nitrogens is 4. The Balaban J connectivity index is 1.81. The van der Waals surface area contributed by atoms with Crippen LogP contribution in [0.2, 0.25) is 0 Å². The molecule has 30 heavy (non-hydrogen) atoms. The molecule has 0 bridgehead atoms. The second-order valence-electron chi connectivity index (χ2n) is 8.06. The van der Waals surface area contributed by atoms with Gasteiger partial charge in [0.05, 0.1) is 6.54 Å². The second kappa shape index (κ2) is 10.1. The Morgan fingerprint density at radius 2 is 1.90 bits per heavy atom. The van der Waals surface area contributed by atoms with Crippen LogP contribution in [0.3, 0.4) is 0 Å². The van der Waals surface area contributed by atoms with Gasteiger partial charge in [-0.25, -0.2) is 19.4 Å². The molecule has 0 spiro atoms. The number of unbranched alkanes of at least 4 members (excludes halogenated alkanes) is 2. The molecule has 3 rings (SSSR count). The highest BCUT2D eigenvalue weighted by Gasteiger charge is 2.14. The van der Waals surface area contributed by atoms with Gasteiger partial charge in [-0.3, -0.25) is 0 Å². The lowest BCUT2D eigenvalue weighted by Crippen LogP contribution is -2.08. The van der Waals surface area contributed by atoms with Gasteiger partial charge in [-0.2, -0.15) is 5.10 Å². The third-order valence-corrected chi connectivity index (χ3v) is 4.99. The van der Waals surface area contributed by atoms with Crippen LogP contribution in [0.1, 0.15) is 67.7 Å². The SMILES string of the molecule is CCCCCc1nc(CC(C)C)nn1Cc1ccc(-c2cccnc2C(=O)O)cc1. The minimum Gasteiger partial charge on any atom is -0.476 e. The smallest absolute Gasteiger partial charge is 0.355 e. The lowest BCUT2D eigenvalue weighted by molar-refractivity contribution is 0.0691. The van der Waals surface area contributed by atoms with E-state index in [-0.39, 0.29) is 5.69 Å². The van der Waals surface area contributed by atoms with Gasteiger partial charge in [-0.15, -0.1) is 0 Å². The topological polar surface area (TPSA) is 80.9 Å². The minimum absolute atomic E-state index is 0.0677. The van der Waals surface area contributed by atoms with Crippen molar-refractivity contribution in [3.63, 3.8) is 0 Å². The zero-order chi connectivity index (χ0) is 21.5. The van der Waals surface area contributed by atoms with E-state index in [1.807, 2.05) is 28.9 Å². The zero-order valence-corrected chi connectivity index (χ0v) is 18.0. The number of hydrogen-bond donors (Lipinski definition) is 1. The first-order valence-corrected chi connectivity index (χ1v) is 10.7. The van der Waals surface area contributed by atoms with Crippen LogP contribution in [0, 0.1) is 5.92 Å². The molecule has 0 aliphatic rings. The Morgan fingerprint density at radius 1 is 1.13 bits per heavy atom. The number of aromatic carboxylic acids is 1. The van der Waals surface area contributed by atoms with Crippen molar-refractivity contribution in [2.45, 2.75) is 59.4 Å². The van der Waals surface area contributed by atoms with Gasteiger partial charge in [0.2, 0.25) is 0 Å². The molecular formula is C24H30N4O2. The van der Waals surface area contributed by atoms with Crippen LogP contribution < -0.4 is 0 Å². The second-order valence-corrected chi connectivity index (χ2v) is 8.06. The summed E-state index contributed by atoms with van der Waals surface area (Å²) in [5.41, 5.74) is 2.64. The molecule has 0 radical (unpaired) electrons. The van der Waals surface area contributed by atoms with Crippen molar-refractivity contribution in [2.75, 3.05) is 0 Å². The number of hydrogen-bond acceptors (Lipinski definition) is 4. The Hall–Kier alpha value is -3.02. The summed E-state index contributed by atoms with van der Waals surface area (Å²) in [7, 11) is 0. The molecule has 2 heterocycles. The van der Waals surface area contributed by atoms with Gasteiger partial charge in [0.25, 0.3) is 0 Å². The summed E-state index contributed by atoms with van der Waals surface area (Å²) in [6, 6.07) is 11.5. The number of nitrogens with zero attached hydrogens (tertiary/aromatic N) is 4. The number of rotatable bonds is 10. The lowest BCUT2D eigenvalue weighted by Gasteiger charge is -2.09. The molecule has 6 nitrogen and oxygen atoms in total. The number of carboxylic acids is 1. The lowest BCUT2D eigenvalue weighted by atomic mass is 10.0. The van der Waals surface area contributed by atoms with Gasteiger partial charge < -0.3 is 5.11 Å². The first kappa shape index (κ1) is 21.7. The van der Waals surface area contributed by atoms with Crippen molar-refractivity contribution in [1.29, 1.82) is 0 Å². The summed E-state index contributed by atoms with van der Waals surface area (Å²) in [5.74, 6) is 1.46. The highest BCUT2D eigenvalue weighted by Crippen LogP contribution is 2.23. The van der Waals surface area contributed by atoms with Gasteiger partial charge in [-0.1, -0.05) is 63.9 Å². The van der Waals surface area contributed by atoms with Crippen molar-refractivity contribution in [3.8, 4) is 11.1 Å².